The van der Waals surface area contributed by atoms with Crippen LogP contribution >= 0.6 is 7.14 Å². The molecule has 0 radical (unpaired) electrons. The van der Waals surface area contributed by atoms with Gasteiger partial charge in [0, 0.05) is 15.9 Å². The number of benzene rings is 9. The Labute approximate surface area is 280 Å². The zero-order chi connectivity index (χ0) is 32.1. The van der Waals surface area contributed by atoms with Crippen LogP contribution in [0.3, 0.4) is 0 Å². The molecule has 0 aliphatic heterocycles. The van der Waals surface area contributed by atoms with Crippen LogP contribution in [-0.2, 0) is 4.57 Å². The molecule has 0 atom stereocenters. The van der Waals surface area contributed by atoms with Crippen LogP contribution in [0.2, 0.25) is 0 Å². The fraction of sp³-hybridized carbons (Fsp3) is 0. The van der Waals surface area contributed by atoms with Crippen molar-refractivity contribution >= 4 is 66.1 Å². The van der Waals surface area contributed by atoms with Gasteiger partial charge in [-0.3, -0.25) is 0 Å². The summed E-state index contributed by atoms with van der Waals surface area (Å²) in [4.78, 5) is 0. The maximum absolute atomic E-state index is 15.1. The van der Waals surface area contributed by atoms with Crippen molar-refractivity contribution in [2.45, 2.75) is 0 Å². The number of hydrogen-bond acceptors (Lipinski definition) is 1. The lowest BCUT2D eigenvalue weighted by molar-refractivity contribution is 0.592. The zero-order valence-corrected chi connectivity index (χ0v) is 27.1. The third-order valence-electron chi connectivity index (χ3n) is 9.71. The fourth-order valence-corrected chi connectivity index (χ4v) is 10.2. The smallest absolute Gasteiger partial charge is 0.171 e. The topological polar surface area (TPSA) is 17.1 Å². The van der Waals surface area contributed by atoms with Gasteiger partial charge in [-0.15, -0.1) is 0 Å². The molecule has 9 rings (SSSR count). The van der Waals surface area contributed by atoms with E-state index in [2.05, 4.69) is 127 Å². The molecular formula is C46H31OP. The summed E-state index contributed by atoms with van der Waals surface area (Å²) in [7, 11) is -3.07. The highest BCUT2D eigenvalue weighted by molar-refractivity contribution is 7.85. The van der Waals surface area contributed by atoms with E-state index in [4.69, 9.17) is 0 Å². The van der Waals surface area contributed by atoms with E-state index in [1.807, 2.05) is 60.7 Å². The first-order valence-corrected chi connectivity index (χ1v) is 18.1. The normalized spacial score (nSPS) is 11.8. The molecule has 0 aliphatic carbocycles. The Bertz CT molecular complexity index is 2590. The Morgan fingerprint density at radius 1 is 0.312 bits per heavy atom. The van der Waals surface area contributed by atoms with Gasteiger partial charge in [0.1, 0.15) is 0 Å². The van der Waals surface area contributed by atoms with Crippen LogP contribution in [0.1, 0.15) is 0 Å². The van der Waals surface area contributed by atoms with Gasteiger partial charge in [0.15, 0.2) is 7.14 Å². The van der Waals surface area contributed by atoms with Crippen molar-refractivity contribution in [3.8, 4) is 22.3 Å². The third kappa shape index (κ3) is 4.51. The van der Waals surface area contributed by atoms with Gasteiger partial charge in [-0.1, -0.05) is 176 Å². The van der Waals surface area contributed by atoms with E-state index < -0.39 is 7.14 Å². The van der Waals surface area contributed by atoms with E-state index in [1.165, 1.54) is 54.6 Å². The molecule has 0 saturated heterocycles. The van der Waals surface area contributed by atoms with Crippen molar-refractivity contribution in [1.29, 1.82) is 0 Å². The molecule has 48 heavy (non-hydrogen) atoms. The highest BCUT2D eigenvalue weighted by Crippen LogP contribution is 2.46. The minimum Gasteiger partial charge on any atom is -0.309 e. The number of rotatable bonds is 5. The van der Waals surface area contributed by atoms with Crippen molar-refractivity contribution in [3.05, 3.63) is 188 Å². The molecule has 0 aromatic heterocycles. The average Bonchev–Trinajstić information content (AvgIpc) is 3.16. The van der Waals surface area contributed by atoms with Crippen molar-refractivity contribution < 1.29 is 4.57 Å². The van der Waals surface area contributed by atoms with E-state index in [9.17, 15) is 0 Å². The van der Waals surface area contributed by atoms with E-state index >= 15 is 4.57 Å². The van der Waals surface area contributed by atoms with Gasteiger partial charge in [-0.2, -0.15) is 0 Å². The molecule has 0 heterocycles. The fourth-order valence-electron chi connectivity index (χ4n) is 7.48. The van der Waals surface area contributed by atoms with Crippen LogP contribution in [-0.4, -0.2) is 0 Å². The van der Waals surface area contributed by atoms with Crippen molar-refractivity contribution in [3.63, 3.8) is 0 Å². The van der Waals surface area contributed by atoms with Gasteiger partial charge in [-0.05, 0) is 77.5 Å². The Kier molecular flexibility index (Phi) is 6.82. The summed E-state index contributed by atoms with van der Waals surface area (Å²) in [6, 6.07) is 65.7. The summed E-state index contributed by atoms with van der Waals surface area (Å²) < 4.78 is 15.1. The van der Waals surface area contributed by atoms with Gasteiger partial charge in [0.25, 0.3) is 0 Å². The Balaban J connectivity index is 1.26. The second kappa shape index (κ2) is 11.5. The summed E-state index contributed by atoms with van der Waals surface area (Å²) in [5.41, 5.74) is 4.92. The van der Waals surface area contributed by atoms with Crippen LogP contribution < -0.4 is 15.9 Å². The first-order valence-electron chi connectivity index (χ1n) is 16.4. The summed E-state index contributed by atoms with van der Waals surface area (Å²) in [5.74, 6) is 0. The van der Waals surface area contributed by atoms with Gasteiger partial charge < -0.3 is 4.57 Å². The maximum atomic E-state index is 15.1. The second-order valence-corrected chi connectivity index (χ2v) is 15.2. The highest BCUT2D eigenvalue weighted by atomic mass is 31.2. The van der Waals surface area contributed by atoms with Gasteiger partial charge in [0.05, 0.1) is 0 Å². The number of fused-ring (bicyclic) bond motifs is 4. The van der Waals surface area contributed by atoms with E-state index in [-0.39, 0.29) is 0 Å². The summed E-state index contributed by atoms with van der Waals surface area (Å²) in [6.07, 6.45) is 0. The zero-order valence-electron chi connectivity index (χ0n) is 26.3. The highest BCUT2D eigenvalue weighted by Gasteiger charge is 2.29. The second-order valence-electron chi connectivity index (χ2n) is 12.4. The standard InChI is InChI=1S/C46H31OP/c47-48(36-16-3-1-4-17-36,37-18-5-2-6-19-37)38-29-28-33-30-35(27-26-34(33)31-38)45-41-21-9-11-23-43(41)46(44-24-12-10-22-42(44)45)40-25-13-15-32-14-7-8-20-39(32)40/h1-31H. The average molecular weight is 631 g/mol. The van der Waals surface area contributed by atoms with Gasteiger partial charge in [-0.25, -0.2) is 0 Å². The van der Waals surface area contributed by atoms with Crippen molar-refractivity contribution in [1.82, 2.24) is 0 Å². The van der Waals surface area contributed by atoms with Crippen molar-refractivity contribution in [2.75, 3.05) is 0 Å². The lowest BCUT2D eigenvalue weighted by Crippen LogP contribution is -2.24. The Hall–Kier alpha value is -5.75. The van der Waals surface area contributed by atoms with Gasteiger partial charge in [0.2, 0.25) is 0 Å². The predicted octanol–water partition coefficient (Wildman–Crippen LogP) is 11.3. The third-order valence-corrected chi connectivity index (χ3v) is 12.8. The molecule has 0 amide bonds. The SMILES string of the molecule is O=P(c1ccccc1)(c1ccccc1)c1ccc2cc(-c3c4ccccc4c(-c4cccc5ccccc45)c4ccccc34)ccc2c1. The van der Waals surface area contributed by atoms with Gasteiger partial charge >= 0.3 is 0 Å². The molecule has 9 aromatic rings. The first-order chi connectivity index (χ1) is 23.7. The Morgan fingerprint density at radius 3 is 1.42 bits per heavy atom. The summed E-state index contributed by atoms with van der Waals surface area (Å²) in [5, 5.41) is 12.2. The number of hydrogen-bond donors (Lipinski definition) is 0. The molecule has 226 valence electrons. The summed E-state index contributed by atoms with van der Waals surface area (Å²) >= 11 is 0. The molecular weight excluding hydrogens is 599 g/mol. The molecule has 0 spiro atoms. The van der Waals surface area contributed by atoms with Crippen LogP contribution in [0, 0.1) is 0 Å². The van der Waals surface area contributed by atoms with Crippen LogP contribution in [0.5, 0.6) is 0 Å². The molecule has 0 fully saturated rings. The van der Waals surface area contributed by atoms with Crippen molar-refractivity contribution in [2.24, 2.45) is 0 Å². The van der Waals surface area contributed by atoms with Crippen LogP contribution in [0.4, 0.5) is 0 Å². The van der Waals surface area contributed by atoms with E-state index in [0.717, 1.165) is 26.7 Å². The molecule has 0 N–H and O–H groups in total. The van der Waals surface area contributed by atoms with E-state index in [1.54, 1.807) is 0 Å². The first kappa shape index (κ1) is 28.5. The monoisotopic (exact) mass is 630 g/mol. The minimum absolute atomic E-state index is 0.843. The predicted molar refractivity (Wildman–Crippen MR) is 207 cm³/mol. The molecule has 0 unspecified atom stereocenters. The van der Waals surface area contributed by atoms with Crippen LogP contribution in [0.15, 0.2) is 188 Å². The lowest BCUT2D eigenvalue weighted by atomic mass is 9.84. The van der Waals surface area contributed by atoms with Crippen LogP contribution in [0.25, 0.3) is 65.3 Å². The maximum Gasteiger partial charge on any atom is 0.171 e. The summed E-state index contributed by atoms with van der Waals surface area (Å²) in [6.45, 7) is 0. The molecule has 0 saturated carbocycles. The molecule has 0 aliphatic rings. The lowest BCUT2D eigenvalue weighted by Gasteiger charge is -2.21. The molecule has 2 heteroatoms. The molecule has 1 nitrogen and oxygen atoms in total. The molecule has 9 aromatic carbocycles. The Morgan fingerprint density at radius 2 is 0.792 bits per heavy atom. The quantitative estimate of drug-likeness (QED) is 0.137. The minimum atomic E-state index is -3.07. The van der Waals surface area contributed by atoms with E-state index in [0.29, 0.717) is 0 Å². The molecule has 0 bridgehead atoms. The largest absolute Gasteiger partial charge is 0.309 e.